The van der Waals surface area contributed by atoms with Crippen molar-refractivity contribution in [3.63, 3.8) is 0 Å². The Morgan fingerprint density at radius 2 is 1.78 bits per heavy atom. The Kier molecular flexibility index (Phi) is 6.47. The van der Waals surface area contributed by atoms with Crippen molar-refractivity contribution in [2.24, 2.45) is 5.10 Å². The van der Waals surface area contributed by atoms with E-state index in [0.717, 1.165) is 11.1 Å². The zero-order valence-electron chi connectivity index (χ0n) is 14.2. The van der Waals surface area contributed by atoms with Crippen LogP contribution in [0.2, 0.25) is 10.0 Å². The van der Waals surface area contributed by atoms with Crippen molar-refractivity contribution >= 4 is 35.3 Å². The molecule has 0 saturated heterocycles. The number of nitrogens with zero attached hydrogens (tertiary/aromatic N) is 1. The van der Waals surface area contributed by atoms with E-state index in [2.05, 4.69) is 10.5 Å². The number of carbonyl (C=O) groups excluding carboxylic acids is 1. The molecule has 0 heterocycles. The number of ether oxygens (including phenoxy) is 1. The molecule has 3 aromatic carbocycles. The molecule has 0 spiro atoms. The largest absolute Gasteiger partial charge is 0.488 e. The average Bonchev–Trinajstić information content (AvgIpc) is 2.67. The minimum Gasteiger partial charge on any atom is -0.488 e. The van der Waals surface area contributed by atoms with Gasteiger partial charge in [-0.2, -0.15) is 5.10 Å². The number of nitrogens with one attached hydrogen (secondary N) is 1. The lowest BCUT2D eigenvalue weighted by molar-refractivity contribution is 0.0955. The van der Waals surface area contributed by atoms with Crippen molar-refractivity contribution in [3.05, 3.63) is 99.5 Å². The van der Waals surface area contributed by atoms with Crippen molar-refractivity contribution in [3.8, 4) is 5.75 Å². The maximum atomic E-state index is 12.1. The van der Waals surface area contributed by atoms with Crippen LogP contribution in [-0.2, 0) is 6.61 Å². The number of carbonyl (C=O) groups is 1. The number of para-hydroxylation sites is 1. The SMILES string of the molecule is O=C(N/N=C\c1ccccc1OCc1cccc(Cl)c1)c1ccccc1Cl. The summed E-state index contributed by atoms with van der Waals surface area (Å²) in [5.41, 5.74) is 4.53. The number of hydrazone groups is 1. The Morgan fingerprint density at radius 1 is 1.00 bits per heavy atom. The molecule has 0 aliphatic heterocycles. The summed E-state index contributed by atoms with van der Waals surface area (Å²) in [6, 6.07) is 21.7. The fraction of sp³-hybridized carbons (Fsp3) is 0.0476. The average molecular weight is 399 g/mol. The summed E-state index contributed by atoms with van der Waals surface area (Å²) in [6.07, 6.45) is 1.53. The molecule has 0 bridgehead atoms. The second-order valence-electron chi connectivity index (χ2n) is 5.64. The first-order chi connectivity index (χ1) is 13.1. The summed E-state index contributed by atoms with van der Waals surface area (Å²) in [4.78, 5) is 12.1. The van der Waals surface area contributed by atoms with Crippen molar-refractivity contribution in [1.82, 2.24) is 5.43 Å². The second kappa shape index (κ2) is 9.21. The Morgan fingerprint density at radius 3 is 2.59 bits per heavy atom. The van der Waals surface area contributed by atoms with Gasteiger partial charge in [0.15, 0.2) is 0 Å². The molecule has 3 aromatic rings. The predicted molar refractivity (Wildman–Crippen MR) is 109 cm³/mol. The topological polar surface area (TPSA) is 50.7 Å². The van der Waals surface area contributed by atoms with E-state index in [1.807, 2.05) is 48.5 Å². The molecule has 3 rings (SSSR count). The van der Waals surface area contributed by atoms with Crippen molar-refractivity contribution in [1.29, 1.82) is 0 Å². The molecule has 0 saturated carbocycles. The Balaban J connectivity index is 1.66. The van der Waals surface area contributed by atoms with Crippen LogP contribution >= 0.6 is 23.2 Å². The van der Waals surface area contributed by atoms with Crippen LogP contribution in [0.5, 0.6) is 5.75 Å². The first-order valence-electron chi connectivity index (χ1n) is 8.17. The fourth-order valence-electron chi connectivity index (χ4n) is 2.37. The van der Waals surface area contributed by atoms with E-state index >= 15 is 0 Å². The summed E-state index contributed by atoms with van der Waals surface area (Å²) in [7, 11) is 0. The summed E-state index contributed by atoms with van der Waals surface area (Å²) in [5.74, 6) is 0.266. The van der Waals surface area contributed by atoms with Crippen LogP contribution in [0.1, 0.15) is 21.5 Å². The lowest BCUT2D eigenvalue weighted by atomic mass is 10.2. The van der Waals surface area contributed by atoms with E-state index in [1.54, 1.807) is 24.3 Å². The Hall–Kier alpha value is -2.82. The summed E-state index contributed by atoms with van der Waals surface area (Å²) >= 11 is 12.0. The number of hydrogen-bond acceptors (Lipinski definition) is 3. The minimum absolute atomic E-state index is 0.363. The maximum absolute atomic E-state index is 12.1. The lowest BCUT2D eigenvalue weighted by Crippen LogP contribution is -2.18. The third kappa shape index (κ3) is 5.33. The monoisotopic (exact) mass is 398 g/mol. The molecule has 136 valence electrons. The van der Waals surface area contributed by atoms with Gasteiger partial charge in [-0.25, -0.2) is 5.43 Å². The van der Waals surface area contributed by atoms with E-state index in [-0.39, 0.29) is 5.91 Å². The van der Waals surface area contributed by atoms with Gasteiger partial charge in [0.2, 0.25) is 0 Å². The van der Waals surface area contributed by atoms with Crippen LogP contribution in [0.25, 0.3) is 0 Å². The summed E-state index contributed by atoms with van der Waals surface area (Å²) in [5, 5.41) is 5.04. The molecule has 0 aliphatic carbocycles. The van der Waals surface area contributed by atoms with Crippen LogP contribution in [0.15, 0.2) is 77.9 Å². The van der Waals surface area contributed by atoms with Gasteiger partial charge < -0.3 is 4.74 Å². The van der Waals surface area contributed by atoms with Gasteiger partial charge in [-0.1, -0.05) is 59.6 Å². The standard InChI is InChI=1S/C21H16Cl2N2O2/c22-17-8-5-6-15(12-17)14-27-20-11-4-1-7-16(20)13-24-25-21(26)18-9-2-3-10-19(18)23/h1-13H,14H2,(H,25,26)/b24-13-. The van der Waals surface area contributed by atoms with Gasteiger partial charge in [0.05, 0.1) is 16.8 Å². The highest BCUT2D eigenvalue weighted by Gasteiger charge is 2.08. The molecule has 0 unspecified atom stereocenters. The normalized spacial score (nSPS) is 10.7. The van der Waals surface area contributed by atoms with Gasteiger partial charge in [-0.15, -0.1) is 0 Å². The molecule has 4 nitrogen and oxygen atoms in total. The molecule has 6 heteroatoms. The quantitative estimate of drug-likeness (QED) is 0.450. The molecular formula is C21H16Cl2N2O2. The second-order valence-corrected chi connectivity index (χ2v) is 6.48. The highest BCUT2D eigenvalue weighted by atomic mass is 35.5. The van der Waals surface area contributed by atoms with Gasteiger partial charge in [0, 0.05) is 10.6 Å². The van der Waals surface area contributed by atoms with Crippen LogP contribution in [-0.4, -0.2) is 12.1 Å². The number of rotatable bonds is 6. The van der Waals surface area contributed by atoms with E-state index < -0.39 is 0 Å². The van der Waals surface area contributed by atoms with Crippen molar-refractivity contribution in [2.75, 3.05) is 0 Å². The first kappa shape index (κ1) is 19.0. The van der Waals surface area contributed by atoms with E-state index in [1.165, 1.54) is 6.21 Å². The maximum Gasteiger partial charge on any atom is 0.272 e. The third-order valence-electron chi connectivity index (χ3n) is 3.69. The van der Waals surface area contributed by atoms with Gasteiger partial charge >= 0.3 is 0 Å². The molecule has 0 aromatic heterocycles. The molecule has 27 heavy (non-hydrogen) atoms. The molecule has 1 N–H and O–H groups in total. The van der Waals surface area contributed by atoms with Gasteiger partial charge in [-0.3, -0.25) is 4.79 Å². The minimum atomic E-state index is -0.380. The van der Waals surface area contributed by atoms with E-state index in [0.29, 0.717) is 28.0 Å². The summed E-state index contributed by atoms with van der Waals surface area (Å²) < 4.78 is 5.86. The fourth-order valence-corrected chi connectivity index (χ4v) is 2.81. The molecular weight excluding hydrogens is 383 g/mol. The molecule has 0 atom stereocenters. The van der Waals surface area contributed by atoms with Crippen molar-refractivity contribution in [2.45, 2.75) is 6.61 Å². The van der Waals surface area contributed by atoms with E-state index in [9.17, 15) is 4.79 Å². The molecule has 0 fully saturated rings. The van der Waals surface area contributed by atoms with Crippen LogP contribution in [0, 0.1) is 0 Å². The van der Waals surface area contributed by atoms with Crippen LogP contribution in [0.4, 0.5) is 0 Å². The zero-order valence-corrected chi connectivity index (χ0v) is 15.7. The highest BCUT2D eigenvalue weighted by molar-refractivity contribution is 6.33. The highest BCUT2D eigenvalue weighted by Crippen LogP contribution is 2.19. The number of halogens is 2. The lowest BCUT2D eigenvalue weighted by Gasteiger charge is -2.09. The summed E-state index contributed by atoms with van der Waals surface area (Å²) in [6.45, 7) is 0.372. The van der Waals surface area contributed by atoms with Gasteiger partial charge in [0.25, 0.3) is 5.91 Å². The van der Waals surface area contributed by atoms with Gasteiger partial charge in [0.1, 0.15) is 12.4 Å². The van der Waals surface area contributed by atoms with Crippen LogP contribution in [0.3, 0.4) is 0 Å². The number of hydrogen-bond donors (Lipinski definition) is 1. The van der Waals surface area contributed by atoms with Crippen LogP contribution < -0.4 is 10.2 Å². The third-order valence-corrected chi connectivity index (χ3v) is 4.26. The molecule has 1 amide bonds. The predicted octanol–water partition coefficient (Wildman–Crippen LogP) is 5.34. The molecule has 0 radical (unpaired) electrons. The molecule has 0 aliphatic rings. The number of amides is 1. The Bertz CT molecular complexity index is 974. The van der Waals surface area contributed by atoms with Gasteiger partial charge in [-0.05, 0) is 42.0 Å². The first-order valence-corrected chi connectivity index (χ1v) is 8.93. The Labute approximate surface area is 167 Å². The number of benzene rings is 3. The van der Waals surface area contributed by atoms with Crippen molar-refractivity contribution < 1.29 is 9.53 Å². The zero-order chi connectivity index (χ0) is 19.1. The van der Waals surface area contributed by atoms with E-state index in [4.69, 9.17) is 27.9 Å². The smallest absolute Gasteiger partial charge is 0.272 e.